The molecule has 21 rings (SSSR count). The molecule has 2 amide bonds. The number of hydrogen-bond acceptors (Lipinski definition) is 3. The summed E-state index contributed by atoms with van der Waals surface area (Å²) in [6.45, 7) is 17.4. The number of carbonyl (C=O) groups is 2. The molecule has 14 aromatic carbocycles. The van der Waals surface area contributed by atoms with E-state index in [4.69, 9.17) is 0 Å². The van der Waals surface area contributed by atoms with Gasteiger partial charge in [0, 0.05) is 135 Å². The smallest absolute Gasteiger partial charge is 0.256 e. The molecular formula is C118H119BrClF12N7O2P2. The standard InChI is InChI=1S/C46H45N2.C26H24N2.C16H18N.C15H15NO.C11H7NO.C4H9Br.ClH.F6P.F5P.FH/c1-3-5-31-47-40(38-23-11-19-34-21-13-25-42(47)45(34)38)29-27-36-17-10-18-37(44(36)33-15-8-7-9-16-33)28-30-41-39-24-12-20-35-22-14-26-43(46(35)39)48(41)32-6-4-2;1-4-11-21(12-5-1)26-22(19-27-24-15-6-2-7-16-24)13-10-14-23(26)20-28-25-17-8-3-9-18-25;1-3-4-11-17-12(2)14-9-5-7-13-8-6-10-15(17)16(13)14;1-2-3-10-16-13-9-5-7-11-6-4-8-12(14(11)13)15(16)17;13-11-8-5-1-3-7-4-2-6-9(12-11)10(7)8;1-2-3-4-5;;1-7(2,3,4,5)6;1-6(2,3,4)5;/h7-9,11-16,19-30H,3-6,10,17-18,31-32H2,1-2H3;1-9,11-12,15-20,27H,10,13-14H2;5-10H,3-4,11H2,1-2H3;4-9H,2-3,10H2,1H3;1-6H,(H,12,13);2-4H2,1H3;1H;;;1H/q+1;;+1;;;;;-1;;/p-1/b;22-19+,28-20?;;;;;;;;. The minimum Gasteiger partial charge on any atom is -1.00 e. The van der Waals surface area contributed by atoms with Gasteiger partial charge in [-0.1, -0.05) is 319 Å². The number of aryl methyl sites for hydroxylation is 1. The second-order valence-electron chi connectivity index (χ2n) is 35.5. The van der Waals surface area contributed by atoms with Crippen LogP contribution in [0.4, 0.5) is 80.3 Å². The summed E-state index contributed by atoms with van der Waals surface area (Å²) in [6.07, 6.45) is 32.7. The molecular weight excluding hydrogens is 1950 g/mol. The normalized spacial score (nSPS) is 15.3. The summed E-state index contributed by atoms with van der Waals surface area (Å²) in [4.78, 5) is 29.1. The Bertz CT molecular complexity index is 7320. The number of nitrogens with zero attached hydrogens (tertiary/aromatic N) is 4. The SMILES string of the molecule is C(=[NH+]c1ccccc1)C1=C(c2ccccc2)/C(=C/Nc2ccccc2)CCC1.CCCCBr.CCCCN1C(=O)c2cccc3cccc1c23.CCCC[N+]1=C(C)c2cccc3cccc1c23.CCCCn1/c(=C\C=C2/CCCC(/C=C/C3=[N+](CCCC)c4cccc5cccc3c45)=C2c2ccccc2)c2cccc3cccc1c32.FP(F)(F)(F)F.F[P-](F)(F)(F)(F)F.O=C1Nc2cccc3cccc1c23.[Cl-].[F-]. The molecule has 9 nitrogen and oxygen atoms in total. The van der Waals surface area contributed by atoms with Crippen molar-refractivity contribution in [1.29, 1.82) is 0 Å². The summed E-state index contributed by atoms with van der Waals surface area (Å²) in [6, 6.07) is 107. The van der Waals surface area contributed by atoms with Crippen LogP contribution in [0.1, 0.15) is 187 Å². The van der Waals surface area contributed by atoms with Gasteiger partial charge in [0.05, 0.1) is 27.6 Å². The first kappa shape index (κ1) is 109. The summed E-state index contributed by atoms with van der Waals surface area (Å²) < 4.78 is 116. The molecule has 0 saturated carbocycles. The second-order valence-corrected chi connectivity index (χ2v) is 39.5. The summed E-state index contributed by atoms with van der Waals surface area (Å²) >= 11 is 3.31. The Morgan fingerprint density at radius 2 is 0.895 bits per heavy atom. The van der Waals surface area contributed by atoms with Crippen LogP contribution in [0, 0.1) is 0 Å². The Hall–Kier alpha value is -12.8. The molecule has 0 atom stereocenters. The van der Waals surface area contributed by atoms with Crippen LogP contribution in [0.2, 0.25) is 0 Å². The fourth-order valence-corrected chi connectivity index (χ4v) is 19.6. The van der Waals surface area contributed by atoms with Crippen molar-refractivity contribution in [2.24, 2.45) is 0 Å². The number of unbranched alkanes of at least 4 members (excludes halogenated alkanes) is 5. The molecule has 25 heteroatoms. The first-order valence-electron chi connectivity index (χ1n) is 48.6. The third-order valence-corrected chi connectivity index (χ3v) is 25.9. The van der Waals surface area contributed by atoms with Crippen LogP contribution in [-0.2, 0) is 6.54 Å². The molecule has 1 aromatic heterocycles. The minimum atomic E-state index is -10.7. The number of anilines is 3. The van der Waals surface area contributed by atoms with Crippen molar-refractivity contribution in [3.05, 3.63) is 389 Å². The third kappa shape index (κ3) is 28.8. The number of carbonyl (C=O) groups excluding carboxylic acids is 2. The Labute approximate surface area is 843 Å². The van der Waals surface area contributed by atoms with Crippen LogP contribution >= 0.6 is 31.9 Å². The predicted molar refractivity (Wildman–Crippen MR) is 575 cm³/mol. The molecule has 2 aliphatic carbocycles. The number of para-hydroxylation sites is 2. The van der Waals surface area contributed by atoms with E-state index in [2.05, 4.69) is 354 Å². The molecule has 6 aliphatic rings. The average Bonchev–Trinajstić information content (AvgIpc) is 1.60. The number of alkyl halides is 1. The Morgan fingerprint density at radius 1 is 0.448 bits per heavy atom. The maximum Gasteiger partial charge on any atom is 0.256 e. The zero-order valence-electron chi connectivity index (χ0n) is 81.0. The van der Waals surface area contributed by atoms with Crippen molar-refractivity contribution in [2.45, 2.75) is 151 Å². The van der Waals surface area contributed by atoms with Gasteiger partial charge in [-0.25, -0.2) is 4.99 Å². The largest absolute Gasteiger partial charge is 1.00 e. The van der Waals surface area contributed by atoms with Crippen molar-refractivity contribution in [3.8, 4) is 0 Å². The average molecular weight is 2070 g/mol. The number of rotatable bonds is 23. The molecule has 143 heavy (non-hydrogen) atoms. The van der Waals surface area contributed by atoms with Gasteiger partial charge in [0.1, 0.15) is 13.1 Å². The van der Waals surface area contributed by atoms with E-state index < -0.39 is 16.0 Å². The van der Waals surface area contributed by atoms with Gasteiger partial charge in [0.25, 0.3) is 11.8 Å². The molecule has 0 bridgehead atoms. The van der Waals surface area contributed by atoms with Gasteiger partial charge in [0.2, 0.25) is 22.8 Å². The second kappa shape index (κ2) is 48.5. The van der Waals surface area contributed by atoms with Gasteiger partial charge in [0.15, 0.2) is 11.9 Å². The molecule has 0 fully saturated rings. The number of benzene rings is 14. The van der Waals surface area contributed by atoms with Crippen LogP contribution in [0.25, 0.3) is 82.0 Å². The van der Waals surface area contributed by atoms with E-state index >= 15 is 0 Å². The zero-order chi connectivity index (χ0) is 99.9. The van der Waals surface area contributed by atoms with Crippen molar-refractivity contribution in [3.63, 3.8) is 0 Å². The van der Waals surface area contributed by atoms with E-state index in [9.17, 15) is 55.8 Å². The van der Waals surface area contributed by atoms with E-state index in [0.717, 1.165) is 138 Å². The first-order chi connectivity index (χ1) is 67.8. The maximum absolute atomic E-state index is 12.3. The fraction of sp³-hybridized carbons (Fsp3) is 0.229. The van der Waals surface area contributed by atoms with Crippen molar-refractivity contribution in [1.82, 2.24) is 4.57 Å². The fourth-order valence-electron chi connectivity index (χ4n) is 19.0. The zero-order valence-corrected chi connectivity index (χ0v) is 85.1. The Morgan fingerprint density at radius 3 is 1.46 bits per heavy atom. The number of halogens is 14. The molecule has 0 radical (unpaired) electrons. The molecule has 5 heterocycles. The number of hydrogen-bond donors (Lipinski definition) is 3. The summed E-state index contributed by atoms with van der Waals surface area (Å²) in [5.74, 6) is 0.164. The quantitative estimate of drug-likeness (QED) is 0.0196. The number of amides is 2. The number of aromatic nitrogens is 1. The van der Waals surface area contributed by atoms with E-state index in [0.29, 0.717) is 0 Å². The van der Waals surface area contributed by atoms with E-state index in [1.807, 2.05) is 77.7 Å². The topological polar surface area (TPSA) is 86.4 Å². The summed E-state index contributed by atoms with van der Waals surface area (Å²) in [5, 5.41) is 22.8. The Balaban J connectivity index is 0.000000163. The van der Waals surface area contributed by atoms with E-state index in [-0.39, 0.29) is 28.9 Å². The predicted octanol–water partition coefficient (Wildman–Crippen LogP) is 29.1. The first-order valence-corrected chi connectivity index (χ1v) is 53.4. The van der Waals surface area contributed by atoms with Crippen molar-refractivity contribution < 1.29 is 87.0 Å². The summed E-state index contributed by atoms with van der Waals surface area (Å²) in [7, 11) is -19.2. The van der Waals surface area contributed by atoms with Crippen LogP contribution in [0.3, 0.4) is 0 Å². The monoisotopic (exact) mass is 2070 g/mol. The van der Waals surface area contributed by atoms with Gasteiger partial charge < -0.3 is 37.2 Å². The minimum absolute atomic E-state index is 0. The molecule has 15 aromatic rings. The van der Waals surface area contributed by atoms with Crippen LogP contribution < -0.4 is 43.0 Å². The van der Waals surface area contributed by atoms with Gasteiger partial charge >= 0.3 is 62.1 Å². The van der Waals surface area contributed by atoms with Gasteiger partial charge in [-0.3, -0.25) is 9.59 Å². The van der Waals surface area contributed by atoms with E-state index in [1.54, 1.807) is 0 Å². The number of nitrogens with one attached hydrogen (secondary N) is 3. The maximum atomic E-state index is 12.3. The molecule has 4 aliphatic heterocycles. The molecule has 0 unspecified atom stereocenters. The van der Waals surface area contributed by atoms with Gasteiger partial charge in [-0.05, 0) is 184 Å². The van der Waals surface area contributed by atoms with Crippen LogP contribution in [0.15, 0.2) is 350 Å². The van der Waals surface area contributed by atoms with Gasteiger partial charge in [-0.15, -0.1) is 0 Å². The van der Waals surface area contributed by atoms with Crippen LogP contribution in [-0.4, -0.2) is 68.1 Å². The molecule has 0 spiro atoms. The van der Waals surface area contributed by atoms with E-state index in [1.165, 1.54) is 178 Å². The Kier molecular flexibility index (Phi) is 37.0. The van der Waals surface area contributed by atoms with Crippen LogP contribution in [0.5, 0.6) is 0 Å². The molecule has 746 valence electrons. The molecule has 3 N–H and O–H groups in total. The van der Waals surface area contributed by atoms with Crippen molar-refractivity contribution >= 4 is 177 Å². The molecule has 0 saturated heterocycles. The summed E-state index contributed by atoms with van der Waals surface area (Å²) in [5.41, 5.74) is 26.4. The number of allylic oxidation sites excluding steroid dienone is 9. The van der Waals surface area contributed by atoms with Crippen molar-refractivity contribution in [2.75, 3.05) is 40.5 Å². The van der Waals surface area contributed by atoms with Gasteiger partial charge in [-0.2, -0.15) is 9.15 Å². The third-order valence-electron chi connectivity index (χ3n) is 25.4.